The Morgan fingerprint density at radius 2 is 1.94 bits per heavy atom. The van der Waals surface area contributed by atoms with Gasteiger partial charge in [0.05, 0.1) is 17.1 Å². The van der Waals surface area contributed by atoms with Crippen LogP contribution in [0.25, 0.3) is 0 Å². The van der Waals surface area contributed by atoms with Crippen LogP contribution in [0.15, 0.2) is 29.4 Å². The monoisotopic (exact) mass is 498 g/mol. The number of hydrazone groups is 1. The fourth-order valence-corrected chi connectivity index (χ4v) is 8.81. The minimum absolute atomic E-state index is 0.00904. The molecule has 5 rings (SSSR count). The van der Waals surface area contributed by atoms with Crippen LogP contribution < -0.4 is 5.73 Å². The van der Waals surface area contributed by atoms with Gasteiger partial charge in [-0.3, -0.25) is 9.91 Å². The van der Waals surface area contributed by atoms with E-state index in [0.717, 1.165) is 51.0 Å². The smallest absolute Gasteiger partial charge is 0.382 e. The first-order chi connectivity index (χ1) is 15.9. The van der Waals surface area contributed by atoms with Crippen LogP contribution in [0.3, 0.4) is 0 Å². The van der Waals surface area contributed by atoms with Crippen molar-refractivity contribution in [2.24, 2.45) is 34.0 Å². The number of benzene rings is 1. The van der Waals surface area contributed by atoms with Crippen molar-refractivity contribution in [2.75, 3.05) is 31.1 Å². The number of fused-ring (bicyclic) bond motifs is 1. The number of nitrogens with zero attached hydrogens (tertiary/aromatic N) is 3. The summed E-state index contributed by atoms with van der Waals surface area (Å²) in [5.41, 5.74) is 5.67. The predicted octanol–water partition coefficient (Wildman–Crippen LogP) is 3.18. The Balaban J connectivity index is 1.18. The maximum atomic E-state index is 13.1. The van der Waals surface area contributed by atoms with Gasteiger partial charge in [0, 0.05) is 36.2 Å². The SMILES string of the molecule is CC(C)N(C[C@H]1[C@@H]2C[C@H](N3CCC4(C3)CS(=O)(=O)C4)C[C@@H]21)/N=C(\N)c1cccc(C(F)(F)F)c1. The van der Waals surface area contributed by atoms with Gasteiger partial charge in [0.2, 0.25) is 0 Å². The van der Waals surface area contributed by atoms with Gasteiger partial charge in [-0.1, -0.05) is 12.1 Å². The highest BCUT2D eigenvalue weighted by atomic mass is 32.2. The van der Waals surface area contributed by atoms with E-state index in [1.54, 1.807) is 6.07 Å². The summed E-state index contributed by atoms with van der Waals surface area (Å²) in [5.74, 6) is 2.61. The molecule has 2 heterocycles. The Hall–Kier alpha value is -1.81. The van der Waals surface area contributed by atoms with E-state index in [1.165, 1.54) is 6.07 Å². The first-order valence-electron chi connectivity index (χ1n) is 12.1. The van der Waals surface area contributed by atoms with Crippen LogP contribution in [-0.2, 0) is 16.0 Å². The number of alkyl halides is 3. The Morgan fingerprint density at radius 3 is 2.53 bits per heavy atom. The topological polar surface area (TPSA) is 79.0 Å². The van der Waals surface area contributed by atoms with Crippen molar-refractivity contribution in [2.45, 2.75) is 51.4 Å². The largest absolute Gasteiger partial charge is 0.416 e. The van der Waals surface area contributed by atoms with Crippen LogP contribution in [0.1, 0.15) is 44.2 Å². The van der Waals surface area contributed by atoms with E-state index in [-0.39, 0.29) is 22.9 Å². The first kappa shape index (κ1) is 23.9. The summed E-state index contributed by atoms with van der Waals surface area (Å²) in [4.78, 5) is 2.52. The molecule has 2 aliphatic heterocycles. The average molecular weight is 499 g/mol. The molecule has 0 radical (unpaired) electrons. The summed E-state index contributed by atoms with van der Waals surface area (Å²) < 4.78 is 62.5. The van der Waals surface area contributed by atoms with Gasteiger partial charge in [0.15, 0.2) is 15.7 Å². The molecule has 2 N–H and O–H groups in total. The molecule has 188 valence electrons. The lowest BCUT2D eigenvalue weighted by molar-refractivity contribution is -0.137. The summed E-state index contributed by atoms with van der Waals surface area (Å²) in [6, 6.07) is 5.61. The van der Waals surface area contributed by atoms with E-state index < -0.39 is 21.6 Å². The normalized spacial score (nSPS) is 32.1. The second-order valence-corrected chi connectivity index (χ2v) is 13.2. The van der Waals surface area contributed by atoms with Crippen LogP contribution in [0.4, 0.5) is 13.2 Å². The first-order valence-corrected chi connectivity index (χ1v) is 13.9. The molecule has 2 saturated carbocycles. The lowest BCUT2D eigenvalue weighted by Gasteiger charge is -2.38. The van der Waals surface area contributed by atoms with E-state index in [0.29, 0.717) is 35.3 Å². The summed E-state index contributed by atoms with van der Waals surface area (Å²) in [6.45, 7) is 6.69. The maximum Gasteiger partial charge on any atom is 0.416 e. The van der Waals surface area contributed by atoms with Crippen molar-refractivity contribution in [1.29, 1.82) is 0 Å². The fourth-order valence-electron chi connectivity index (χ4n) is 6.56. The molecule has 2 aliphatic carbocycles. The highest BCUT2D eigenvalue weighted by Gasteiger charge is 2.59. The number of halogens is 3. The van der Waals surface area contributed by atoms with Crippen LogP contribution in [0.5, 0.6) is 0 Å². The third-order valence-corrected chi connectivity index (χ3v) is 10.5. The van der Waals surface area contributed by atoms with E-state index >= 15 is 0 Å². The average Bonchev–Trinajstić information content (AvgIpc) is 3.08. The summed E-state index contributed by atoms with van der Waals surface area (Å²) in [5, 5.41) is 6.43. The number of amidine groups is 1. The van der Waals surface area contributed by atoms with Crippen LogP contribution >= 0.6 is 0 Å². The fraction of sp³-hybridized carbons (Fsp3) is 0.708. The second-order valence-electron chi connectivity index (χ2n) is 11.1. The molecule has 0 bridgehead atoms. The highest BCUT2D eigenvalue weighted by molar-refractivity contribution is 7.92. The van der Waals surface area contributed by atoms with Gasteiger partial charge in [0.25, 0.3) is 0 Å². The standard InChI is InChI=1S/C24H33F3N4O2S/c1-15(2)31(29-22(28)16-4-3-5-17(8-16)24(25,26)27)11-21-19-9-18(10-20(19)21)30-7-6-23(12-30)13-34(32,33)14-23/h3-5,8,15,18-21H,6-7,9-14H2,1-2H3,(H2,28,29)/t18-,19+,20-,21-. The molecule has 10 heteroatoms. The number of hydrogen-bond acceptors (Lipinski definition) is 5. The van der Waals surface area contributed by atoms with E-state index in [2.05, 4.69) is 10.0 Å². The van der Waals surface area contributed by atoms with Crippen LogP contribution in [0, 0.1) is 23.2 Å². The van der Waals surface area contributed by atoms with Gasteiger partial charge in [-0.05, 0) is 69.5 Å². The molecule has 1 aromatic carbocycles. The Bertz CT molecular complexity index is 1060. The van der Waals surface area contributed by atoms with E-state index in [1.807, 2.05) is 18.9 Å². The zero-order valence-electron chi connectivity index (χ0n) is 19.6. The lowest BCUT2D eigenvalue weighted by Crippen LogP contribution is -2.50. The number of likely N-dealkylation sites (tertiary alicyclic amines) is 1. The quantitative estimate of drug-likeness (QED) is 0.370. The summed E-state index contributed by atoms with van der Waals surface area (Å²) >= 11 is 0. The molecule has 2 saturated heterocycles. The predicted molar refractivity (Wildman–Crippen MR) is 125 cm³/mol. The molecule has 4 atom stereocenters. The zero-order chi connectivity index (χ0) is 24.5. The number of hydrogen-bond donors (Lipinski definition) is 1. The summed E-state index contributed by atoms with van der Waals surface area (Å²) in [7, 11) is -2.80. The second kappa shape index (κ2) is 8.11. The van der Waals surface area contributed by atoms with Crippen LogP contribution in [-0.4, -0.2) is 67.4 Å². The molecule has 0 aromatic heterocycles. The molecule has 0 unspecified atom stereocenters. The van der Waals surface area contributed by atoms with Crippen molar-refractivity contribution < 1.29 is 21.6 Å². The van der Waals surface area contributed by atoms with Gasteiger partial charge in [0.1, 0.15) is 0 Å². The number of rotatable bonds is 6. The van der Waals surface area contributed by atoms with Crippen molar-refractivity contribution in [1.82, 2.24) is 9.91 Å². The van der Waals surface area contributed by atoms with Gasteiger partial charge >= 0.3 is 6.18 Å². The van der Waals surface area contributed by atoms with E-state index in [4.69, 9.17) is 5.73 Å². The van der Waals surface area contributed by atoms with Crippen molar-refractivity contribution in [3.05, 3.63) is 35.4 Å². The molecule has 4 fully saturated rings. The van der Waals surface area contributed by atoms with Crippen molar-refractivity contribution >= 4 is 15.7 Å². The van der Waals surface area contributed by atoms with Gasteiger partial charge in [-0.25, -0.2) is 8.42 Å². The Morgan fingerprint density at radius 1 is 1.26 bits per heavy atom. The molecular weight excluding hydrogens is 465 g/mol. The highest BCUT2D eigenvalue weighted by Crippen LogP contribution is 2.59. The zero-order valence-corrected chi connectivity index (χ0v) is 20.4. The van der Waals surface area contributed by atoms with Crippen molar-refractivity contribution in [3.8, 4) is 0 Å². The minimum Gasteiger partial charge on any atom is -0.382 e. The Labute approximate surface area is 199 Å². The molecule has 1 aromatic rings. The van der Waals surface area contributed by atoms with Crippen LogP contribution in [0.2, 0.25) is 0 Å². The van der Waals surface area contributed by atoms with Crippen molar-refractivity contribution in [3.63, 3.8) is 0 Å². The third-order valence-electron chi connectivity index (χ3n) is 8.35. The summed E-state index contributed by atoms with van der Waals surface area (Å²) in [6.07, 6.45) is -1.15. The molecule has 6 nitrogen and oxygen atoms in total. The number of sulfone groups is 1. The minimum atomic E-state index is -4.42. The lowest BCUT2D eigenvalue weighted by atomic mass is 9.91. The number of nitrogens with two attached hydrogens (primary N) is 1. The van der Waals surface area contributed by atoms with Gasteiger partial charge in [-0.2, -0.15) is 18.3 Å². The molecule has 34 heavy (non-hydrogen) atoms. The van der Waals surface area contributed by atoms with Gasteiger partial charge in [-0.15, -0.1) is 0 Å². The molecule has 1 spiro atoms. The molecule has 4 aliphatic rings. The molecule has 0 amide bonds. The maximum absolute atomic E-state index is 13.1. The Kier molecular flexibility index (Phi) is 5.71. The van der Waals surface area contributed by atoms with E-state index in [9.17, 15) is 21.6 Å². The molecular formula is C24H33F3N4O2S. The third kappa shape index (κ3) is 4.55. The van der Waals surface area contributed by atoms with Gasteiger partial charge < -0.3 is 5.73 Å².